The van der Waals surface area contributed by atoms with Crippen molar-refractivity contribution in [1.82, 2.24) is 34.4 Å². The molecule has 48 heavy (non-hydrogen) atoms. The monoisotopic (exact) mass is 653 g/mol. The number of aliphatic imine (C=N–C) groups is 1. The normalized spacial score (nSPS) is 20.0. The van der Waals surface area contributed by atoms with Crippen LogP contribution in [0.2, 0.25) is 0 Å². The summed E-state index contributed by atoms with van der Waals surface area (Å²) in [5, 5.41) is 8.67. The molecule has 6 rings (SSSR count). The molecule has 248 valence electrons. The Hall–Kier alpha value is -5.33. The van der Waals surface area contributed by atoms with Crippen molar-refractivity contribution in [2.24, 2.45) is 10.9 Å². The number of piperazine rings is 1. The zero-order valence-corrected chi connectivity index (χ0v) is 27.6. The van der Waals surface area contributed by atoms with Gasteiger partial charge >= 0.3 is 5.69 Å². The van der Waals surface area contributed by atoms with E-state index in [4.69, 9.17) is 4.98 Å². The zero-order valence-electron chi connectivity index (χ0n) is 27.6. The number of rotatable bonds is 4. The van der Waals surface area contributed by atoms with Gasteiger partial charge in [0.15, 0.2) is 5.65 Å². The van der Waals surface area contributed by atoms with Crippen molar-refractivity contribution in [3.8, 4) is 11.3 Å². The van der Waals surface area contributed by atoms with Crippen LogP contribution in [0.15, 0.2) is 70.3 Å². The lowest BCUT2D eigenvalue weighted by molar-refractivity contribution is -0.130. The molecule has 0 saturated carbocycles. The summed E-state index contributed by atoms with van der Waals surface area (Å²) in [6.07, 6.45) is 4.91. The Balaban J connectivity index is 1.73. The van der Waals surface area contributed by atoms with Gasteiger partial charge in [-0.2, -0.15) is 4.98 Å². The van der Waals surface area contributed by atoms with Gasteiger partial charge in [0.2, 0.25) is 5.91 Å². The predicted molar refractivity (Wildman–Crippen MR) is 182 cm³/mol. The lowest BCUT2D eigenvalue weighted by Gasteiger charge is -2.44. The van der Waals surface area contributed by atoms with E-state index in [0.29, 0.717) is 41.3 Å². The Kier molecular flexibility index (Phi) is 8.63. The van der Waals surface area contributed by atoms with E-state index in [2.05, 4.69) is 33.6 Å². The summed E-state index contributed by atoms with van der Waals surface area (Å²) in [6.45, 7) is 17.8. The van der Waals surface area contributed by atoms with Crippen LogP contribution in [0.1, 0.15) is 45.9 Å². The molecule has 2 atom stereocenters. The molecule has 0 aliphatic carbocycles. The summed E-state index contributed by atoms with van der Waals surface area (Å²) in [4.78, 5) is 44.4. The van der Waals surface area contributed by atoms with Crippen LogP contribution in [0, 0.1) is 17.6 Å². The SMILES string of the molecule is C=CC(=O)N1C(C)CN(c2nc(=O)n3c4nc(c(F)cc24)-c2c(F)cccc2Cc2cnnn2CC(=C/C)/C3=C(\N=C)C(C)C)CC1C. The van der Waals surface area contributed by atoms with Gasteiger partial charge in [-0.05, 0) is 62.8 Å². The first-order chi connectivity index (χ1) is 23.0. The minimum Gasteiger partial charge on any atom is -0.352 e. The second-order valence-corrected chi connectivity index (χ2v) is 12.5. The highest BCUT2D eigenvalue weighted by atomic mass is 19.1. The molecule has 2 bridgehead atoms. The average molecular weight is 654 g/mol. The molecule has 5 heterocycles. The number of anilines is 1. The van der Waals surface area contributed by atoms with Crippen LogP contribution in [0.3, 0.4) is 0 Å². The van der Waals surface area contributed by atoms with Gasteiger partial charge in [-0.25, -0.2) is 27.8 Å². The summed E-state index contributed by atoms with van der Waals surface area (Å²) < 4.78 is 35.2. The number of nitrogens with zero attached hydrogens (tertiary/aromatic N) is 9. The number of amides is 1. The van der Waals surface area contributed by atoms with Gasteiger partial charge in [0.05, 0.1) is 35.2 Å². The van der Waals surface area contributed by atoms with E-state index in [1.165, 1.54) is 22.8 Å². The minimum atomic E-state index is -0.782. The lowest BCUT2D eigenvalue weighted by atomic mass is 9.97. The van der Waals surface area contributed by atoms with Crippen LogP contribution in [-0.2, 0) is 17.8 Å². The van der Waals surface area contributed by atoms with Crippen LogP contribution < -0.4 is 10.6 Å². The maximum atomic E-state index is 16.5. The molecular weight excluding hydrogens is 616 g/mol. The first kappa shape index (κ1) is 32.6. The molecule has 1 aromatic carbocycles. The van der Waals surface area contributed by atoms with Gasteiger partial charge in [-0.15, -0.1) is 5.10 Å². The fourth-order valence-electron chi connectivity index (χ4n) is 6.90. The highest BCUT2D eigenvalue weighted by Crippen LogP contribution is 2.37. The highest BCUT2D eigenvalue weighted by molar-refractivity contribution is 5.93. The summed E-state index contributed by atoms with van der Waals surface area (Å²) in [6, 6.07) is 5.26. The van der Waals surface area contributed by atoms with Gasteiger partial charge < -0.3 is 9.80 Å². The predicted octanol–water partition coefficient (Wildman–Crippen LogP) is 5.02. The Bertz CT molecular complexity index is 2080. The van der Waals surface area contributed by atoms with E-state index in [0.717, 1.165) is 0 Å². The second kappa shape index (κ2) is 12.7. The van der Waals surface area contributed by atoms with Crippen molar-refractivity contribution in [2.75, 3.05) is 18.0 Å². The van der Waals surface area contributed by atoms with Gasteiger partial charge in [0.25, 0.3) is 0 Å². The molecule has 1 amide bonds. The fraction of sp³-hybridized carbons (Fsp3) is 0.343. The van der Waals surface area contributed by atoms with Gasteiger partial charge in [0.1, 0.15) is 23.1 Å². The van der Waals surface area contributed by atoms with Gasteiger partial charge in [-0.3, -0.25) is 9.79 Å². The van der Waals surface area contributed by atoms with E-state index in [9.17, 15) is 9.59 Å². The molecule has 4 aromatic rings. The maximum absolute atomic E-state index is 16.5. The maximum Gasteiger partial charge on any atom is 0.355 e. The quantitative estimate of drug-likeness (QED) is 0.225. The third kappa shape index (κ3) is 5.42. The molecule has 1 saturated heterocycles. The summed E-state index contributed by atoms with van der Waals surface area (Å²) in [5.41, 5.74) is 1.77. The van der Waals surface area contributed by atoms with Crippen LogP contribution in [0.4, 0.5) is 14.6 Å². The Morgan fingerprint density at radius 1 is 1.12 bits per heavy atom. The fourth-order valence-corrected chi connectivity index (χ4v) is 6.90. The Morgan fingerprint density at radius 3 is 2.50 bits per heavy atom. The smallest absolute Gasteiger partial charge is 0.352 e. The molecule has 2 aliphatic heterocycles. The van der Waals surface area contributed by atoms with Crippen LogP contribution >= 0.6 is 0 Å². The van der Waals surface area contributed by atoms with E-state index in [-0.39, 0.29) is 65.0 Å². The number of hydrogen-bond donors (Lipinski definition) is 0. The van der Waals surface area contributed by atoms with Crippen LogP contribution in [-0.4, -0.2) is 72.2 Å². The van der Waals surface area contributed by atoms with Crippen LogP contribution in [0.25, 0.3) is 28.0 Å². The van der Waals surface area contributed by atoms with Crippen molar-refractivity contribution in [2.45, 2.75) is 59.7 Å². The molecule has 1 fully saturated rings. The number of fused-ring (bicyclic) bond motifs is 4. The molecule has 0 radical (unpaired) electrons. The number of carbonyl (C=O) groups is 1. The molecule has 2 aliphatic rings. The largest absolute Gasteiger partial charge is 0.355 e. The standard InChI is InChI=1S/C35H37F2N9O2/c1-8-22-18-44-24(15-39-42-44)13-23-11-10-12-26(36)29(23)31-27(37)14-25-33(43-16-20(5)45(21(6)17-43)28(47)9-2)41-35(48)46(34(25)40-31)32(22)30(38-7)19(3)4/h8-12,14-15,19-21H,2,7,13,16-18H2,1,3-6H3/b22-8-,32-30+. The van der Waals surface area contributed by atoms with Crippen molar-refractivity contribution < 1.29 is 13.6 Å². The molecule has 0 N–H and O–H groups in total. The van der Waals surface area contributed by atoms with E-state index < -0.39 is 17.3 Å². The number of halogens is 2. The number of hydrogen-bond acceptors (Lipinski definition) is 8. The lowest BCUT2D eigenvalue weighted by Crippen LogP contribution is -2.58. The van der Waals surface area contributed by atoms with Crippen molar-refractivity contribution >= 4 is 35.2 Å². The molecular formula is C35H37F2N9O2. The van der Waals surface area contributed by atoms with Gasteiger partial charge in [0, 0.05) is 37.2 Å². The summed E-state index contributed by atoms with van der Waals surface area (Å²) >= 11 is 0. The van der Waals surface area contributed by atoms with E-state index in [1.807, 2.05) is 45.6 Å². The van der Waals surface area contributed by atoms with E-state index in [1.54, 1.807) is 27.9 Å². The van der Waals surface area contributed by atoms with Crippen molar-refractivity contribution in [3.63, 3.8) is 0 Å². The Labute approximate surface area is 276 Å². The Morgan fingerprint density at radius 2 is 1.85 bits per heavy atom. The number of aromatic nitrogens is 6. The van der Waals surface area contributed by atoms with Crippen molar-refractivity contribution in [3.05, 3.63) is 93.8 Å². The highest BCUT2D eigenvalue weighted by Gasteiger charge is 2.35. The first-order valence-electron chi connectivity index (χ1n) is 15.8. The molecule has 0 spiro atoms. The third-order valence-corrected chi connectivity index (χ3v) is 9.01. The second-order valence-electron chi connectivity index (χ2n) is 12.5. The zero-order chi connectivity index (χ0) is 34.4. The summed E-state index contributed by atoms with van der Waals surface area (Å²) in [5.74, 6) is -1.64. The number of benzene rings is 1. The van der Waals surface area contributed by atoms with Crippen molar-refractivity contribution in [1.29, 1.82) is 0 Å². The number of pyridine rings is 1. The average Bonchev–Trinajstić information content (AvgIpc) is 3.48. The summed E-state index contributed by atoms with van der Waals surface area (Å²) in [7, 11) is 0. The minimum absolute atomic E-state index is 0.0240. The topological polar surface area (TPSA) is 114 Å². The van der Waals surface area contributed by atoms with Gasteiger partial charge in [-0.1, -0.05) is 43.8 Å². The molecule has 3 aromatic heterocycles. The third-order valence-electron chi connectivity index (χ3n) is 9.01. The molecule has 11 nitrogen and oxygen atoms in total. The molecule has 13 heteroatoms. The van der Waals surface area contributed by atoms with E-state index >= 15 is 8.78 Å². The first-order valence-corrected chi connectivity index (χ1v) is 15.8. The van der Waals surface area contributed by atoms with Crippen LogP contribution in [0.5, 0.6) is 0 Å². The number of allylic oxidation sites excluding steroid dienone is 4. The molecule has 2 unspecified atom stereocenters. The number of carbonyl (C=O) groups excluding carboxylic acids is 1.